The predicted octanol–water partition coefficient (Wildman–Crippen LogP) is 2.91. The third kappa shape index (κ3) is 3.97. The van der Waals surface area contributed by atoms with Crippen LogP contribution in [-0.2, 0) is 18.0 Å². The average Bonchev–Trinajstić information content (AvgIpc) is 2.99. The van der Waals surface area contributed by atoms with Crippen LogP contribution in [0.4, 0.5) is 0 Å². The summed E-state index contributed by atoms with van der Waals surface area (Å²) in [6, 6.07) is 7.56. The van der Waals surface area contributed by atoms with Crippen LogP contribution in [0.25, 0.3) is 16.7 Å². The van der Waals surface area contributed by atoms with Gasteiger partial charge in [0.15, 0.2) is 0 Å². The van der Waals surface area contributed by atoms with E-state index in [0.29, 0.717) is 35.8 Å². The topological polar surface area (TPSA) is 56.7 Å². The Morgan fingerprint density at radius 2 is 2.04 bits per heavy atom. The smallest absolute Gasteiger partial charge is 0.262 e. The molecule has 0 unspecified atom stereocenters. The van der Waals surface area contributed by atoms with Gasteiger partial charge in [-0.2, -0.15) is 0 Å². The largest absolute Gasteiger partial charge is 0.385 e. The van der Waals surface area contributed by atoms with Gasteiger partial charge in [0.05, 0.1) is 17.6 Å². The van der Waals surface area contributed by atoms with Gasteiger partial charge in [-0.15, -0.1) is 5.10 Å². The zero-order valence-electron chi connectivity index (χ0n) is 16.2. The Labute approximate surface area is 163 Å². The van der Waals surface area contributed by atoms with Crippen molar-refractivity contribution in [2.75, 3.05) is 27.3 Å². The minimum absolute atomic E-state index is 0.0410. The minimum atomic E-state index is -0.0410. The van der Waals surface area contributed by atoms with E-state index in [1.54, 1.807) is 16.4 Å². The van der Waals surface area contributed by atoms with Crippen molar-refractivity contribution in [3.8, 4) is 0 Å². The summed E-state index contributed by atoms with van der Waals surface area (Å²) in [4.78, 5) is 15.2. The Hall–Kier alpha value is -2.03. The highest BCUT2D eigenvalue weighted by atomic mass is 32.1. The molecule has 0 N–H and O–H groups in total. The Morgan fingerprint density at radius 1 is 1.26 bits per heavy atom. The third-order valence-electron chi connectivity index (χ3n) is 4.68. The number of hydrogen-bond donors (Lipinski definition) is 0. The molecule has 0 atom stereocenters. The number of benzene rings is 1. The molecule has 8 heteroatoms. The number of aryl methyl sites for hydroxylation is 1. The molecule has 0 saturated heterocycles. The first-order valence-electron chi connectivity index (χ1n) is 9.37. The highest BCUT2D eigenvalue weighted by Gasteiger charge is 2.16. The van der Waals surface area contributed by atoms with E-state index in [9.17, 15) is 4.79 Å². The lowest BCUT2D eigenvalue weighted by Gasteiger charge is -2.15. The van der Waals surface area contributed by atoms with Crippen LogP contribution in [0.5, 0.6) is 0 Å². The highest BCUT2D eigenvalue weighted by molar-refractivity contribution is 7.71. The maximum atomic E-state index is 13.0. The maximum Gasteiger partial charge on any atom is 0.262 e. The van der Waals surface area contributed by atoms with Crippen molar-refractivity contribution in [1.82, 2.24) is 23.6 Å². The van der Waals surface area contributed by atoms with Crippen LogP contribution in [0.2, 0.25) is 0 Å². The highest BCUT2D eigenvalue weighted by Crippen LogP contribution is 2.15. The molecule has 0 spiro atoms. The van der Waals surface area contributed by atoms with E-state index in [1.165, 1.54) is 0 Å². The lowest BCUT2D eigenvalue weighted by molar-refractivity contribution is 0.190. The molecule has 2 heterocycles. The number of hydrogen-bond acceptors (Lipinski definition) is 5. The molecule has 3 aromatic rings. The molecule has 0 aliphatic carbocycles. The Balaban J connectivity index is 2.15. The van der Waals surface area contributed by atoms with E-state index in [0.717, 1.165) is 31.3 Å². The standard InChI is InChI=1S/C19H27N5O2S/c1-4-5-11-21(2)14-23-19(27)24-16-10-7-6-9-15(16)17(25)22(18(24)20-23)12-8-13-26-3/h6-7,9-10H,4-5,8,11-14H2,1-3H3. The molecule has 27 heavy (non-hydrogen) atoms. The number of unbranched alkanes of at least 4 members (excludes halogenated alkanes) is 1. The van der Waals surface area contributed by atoms with E-state index in [4.69, 9.17) is 22.1 Å². The Bertz CT molecular complexity index is 1040. The lowest BCUT2D eigenvalue weighted by Crippen LogP contribution is -2.24. The van der Waals surface area contributed by atoms with Crippen molar-refractivity contribution in [1.29, 1.82) is 0 Å². The molecule has 146 valence electrons. The molecule has 0 aliphatic rings. The first-order chi connectivity index (χ1) is 13.1. The van der Waals surface area contributed by atoms with Crippen molar-refractivity contribution < 1.29 is 4.74 Å². The van der Waals surface area contributed by atoms with Crippen LogP contribution in [0.15, 0.2) is 29.1 Å². The molecule has 0 saturated carbocycles. The van der Waals surface area contributed by atoms with Gasteiger partial charge in [-0.1, -0.05) is 25.5 Å². The van der Waals surface area contributed by atoms with Crippen LogP contribution in [-0.4, -0.2) is 51.0 Å². The molecular weight excluding hydrogens is 362 g/mol. The molecule has 0 bridgehead atoms. The first-order valence-corrected chi connectivity index (χ1v) is 9.78. The zero-order chi connectivity index (χ0) is 19.4. The van der Waals surface area contributed by atoms with E-state index in [2.05, 4.69) is 18.9 Å². The summed E-state index contributed by atoms with van der Waals surface area (Å²) in [5, 5.41) is 5.36. The second kappa shape index (κ2) is 8.77. The van der Waals surface area contributed by atoms with Crippen LogP contribution in [0.1, 0.15) is 26.2 Å². The number of aromatic nitrogens is 4. The van der Waals surface area contributed by atoms with E-state index >= 15 is 0 Å². The fourth-order valence-corrected chi connectivity index (χ4v) is 3.53. The molecule has 0 amide bonds. The zero-order valence-corrected chi connectivity index (χ0v) is 17.0. The van der Waals surface area contributed by atoms with Gasteiger partial charge in [-0.3, -0.25) is 18.7 Å². The quantitative estimate of drug-likeness (QED) is 0.416. The number of ether oxygens (including phenoxy) is 1. The number of para-hydroxylation sites is 1. The summed E-state index contributed by atoms with van der Waals surface area (Å²) in [7, 11) is 3.72. The second-order valence-electron chi connectivity index (χ2n) is 6.81. The summed E-state index contributed by atoms with van der Waals surface area (Å²) in [5.41, 5.74) is 0.758. The maximum absolute atomic E-state index is 13.0. The number of fused-ring (bicyclic) bond motifs is 3. The fraction of sp³-hybridized carbons (Fsp3) is 0.526. The van der Waals surface area contributed by atoms with E-state index in [-0.39, 0.29) is 5.56 Å². The SMILES string of the molecule is CCCCN(C)Cn1nc2n(CCCOC)c(=O)c3ccccc3n2c1=S. The average molecular weight is 390 g/mol. The van der Waals surface area contributed by atoms with Crippen LogP contribution < -0.4 is 5.56 Å². The number of methoxy groups -OCH3 is 1. The summed E-state index contributed by atoms with van der Waals surface area (Å²) in [6.07, 6.45) is 3.01. The van der Waals surface area contributed by atoms with Gasteiger partial charge in [0, 0.05) is 20.3 Å². The summed E-state index contributed by atoms with van der Waals surface area (Å²) >= 11 is 5.72. The molecule has 7 nitrogen and oxygen atoms in total. The Kier molecular flexibility index (Phi) is 6.41. The molecule has 0 radical (unpaired) electrons. The summed E-state index contributed by atoms with van der Waals surface area (Å²) < 4.78 is 11.2. The minimum Gasteiger partial charge on any atom is -0.385 e. The van der Waals surface area contributed by atoms with Gasteiger partial charge in [0.2, 0.25) is 10.5 Å². The molecule has 3 rings (SSSR count). The lowest BCUT2D eigenvalue weighted by atomic mass is 10.2. The molecule has 1 aromatic carbocycles. The molecule has 2 aromatic heterocycles. The molecular formula is C19H27N5O2S. The summed E-state index contributed by atoms with van der Waals surface area (Å²) in [5.74, 6) is 0.587. The van der Waals surface area contributed by atoms with Crippen molar-refractivity contribution in [3.05, 3.63) is 39.4 Å². The van der Waals surface area contributed by atoms with E-state index < -0.39 is 0 Å². The van der Waals surface area contributed by atoms with Gasteiger partial charge < -0.3 is 4.74 Å². The van der Waals surface area contributed by atoms with Crippen molar-refractivity contribution >= 4 is 28.9 Å². The van der Waals surface area contributed by atoms with Crippen LogP contribution in [0.3, 0.4) is 0 Å². The monoisotopic (exact) mass is 389 g/mol. The van der Waals surface area contributed by atoms with Crippen molar-refractivity contribution in [2.24, 2.45) is 0 Å². The van der Waals surface area contributed by atoms with E-state index in [1.807, 2.05) is 28.7 Å². The number of nitrogens with zero attached hydrogens (tertiary/aromatic N) is 5. The van der Waals surface area contributed by atoms with Gasteiger partial charge in [0.1, 0.15) is 0 Å². The van der Waals surface area contributed by atoms with Crippen LogP contribution in [0, 0.1) is 4.77 Å². The van der Waals surface area contributed by atoms with Gasteiger partial charge in [-0.25, -0.2) is 4.68 Å². The molecule has 0 aliphatic heterocycles. The second-order valence-corrected chi connectivity index (χ2v) is 7.18. The van der Waals surface area contributed by atoms with Crippen LogP contribution >= 0.6 is 12.2 Å². The summed E-state index contributed by atoms with van der Waals surface area (Å²) in [6.45, 7) is 4.88. The fourth-order valence-electron chi connectivity index (χ4n) is 3.26. The number of rotatable bonds is 9. The normalized spacial score (nSPS) is 11.9. The van der Waals surface area contributed by atoms with Gasteiger partial charge in [0.25, 0.3) is 5.56 Å². The molecule has 0 fully saturated rings. The third-order valence-corrected chi connectivity index (χ3v) is 5.08. The first kappa shape index (κ1) is 19.7. The van der Waals surface area contributed by atoms with Gasteiger partial charge in [-0.05, 0) is 50.8 Å². The van der Waals surface area contributed by atoms with Gasteiger partial charge >= 0.3 is 0 Å². The Morgan fingerprint density at radius 3 is 2.78 bits per heavy atom. The predicted molar refractivity (Wildman–Crippen MR) is 110 cm³/mol. The van der Waals surface area contributed by atoms with Crippen molar-refractivity contribution in [3.63, 3.8) is 0 Å². The van der Waals surface area contributed by atoms with Crippen molar-refractivity contribution in [2.45, 2.75) is 39.4 Å².